The fourth-order valence-corrected chi connectivity index (χ4v) is 3.69. The van der Waals surface area contributed by atoms with Gasteiger partial charge in [-0.05, 0) is 18.1 Å². The van der Waals surface area contributed by atoms with E-state index in [4.69, 9.17) is 33.7 Å². The molecule has 0 saturated carbocycles. The number of hydrogen-bond donors (Lipinski definition) is 2. The highest BCUT2D eigenvalue weighted by Crippen LogP contribution is 2.37. The number of imide groups is 1. The minimum Gasteiger partial charge on any atom is -0.448 e. The van der Waals surface area contributed by atoms with E-state index in [2.05, 4.69) is 0 Å². The lowest BCUT2D eigenvalue weighted by atomic mass is 10.1. The minimum absolute atomic E-state index is 0.159. The molecule has 0 aliphatic heterocycles. The summed E-state index contributed by atoms with van der Waals surface area (Å²) >= 11 is 13.3. The number of nitrogens with two attached hydrogens (primary N) is 1. The summed E-state index contributed by atoms with van der Waals surface area (Å²) in [5.74, 6) is -1.90. The molecule has 6 nitrogen and oxygen atoms in total. The summed E-state index contributed by atoms with van der Waals surface area (Å²) in [6, 6.07) is 4.03. The largest absolute Gasteiger partial charge is 0.448 e. The van der Waals surface area contributed by atoms with Gasteiger partial charge in [-0.3, -0.25) is 10.1 Å². The number of ether oxygens (including phenoxy) is 1. The van der Waals surface area contributed by atoms with E-state index < -0.39 is 24.0 Å². The third-order valence-electron chi connectivity index (χ3n) is 3.12. The first kappa shape index (κ1) is 18.5. The number of thiophene rings is 1. The maximum absolute atomic E-state index is 12.4. The van der Waals surface area contributed by atoms with Crippen LogP contribution in [-0.2, 0) is 9.53 Å². The number of halogens is 2. The Bertz CT molecular complexity index is 819. The summed E-state index contributed by atoms with van der Waals surface area (Å²) in [5.41, 5.74) is 4.92. The molecule has 24 heavy (non-hydrogen) atoms. The van der Waals surface area contributed by atoms with Crippen LogP contribution in [0.3, 0.4) is 0 Å². The zero-order valence-electron chi connectivity index (χ0n) is 12.8. The van der Waals surface area contributed by atoms with Gasteiger partial charge in [0, 0.05) is 15.1 Å². The number of nitrogens with one attached hydrogen (secondary N) is 1. The molecule has 0 saturated heterocycles. The van der Waals surface area contributed by atoms with E-state index in [1.54, 1.807) is 32.0 Å². The lowest BCUT2D eigenvalue weighted by Crippen LogP contribution is -2.45. The van der Waals surface area contributed by atoms with Crippen molar-refractivity contribution in [2.45, 2.75) is 20.0 Å². The van der Waals surface area contributed by atoms with Gasteiger partial charge in [-0.25, -0.2) is 9.59 Å². The van der Waals surface area contributed by atoms with Crippen LogP contribution in [0.15, 0.2) is 18.2 Å². The zero-order chi connectivity index (χ0) is 18.0. The molecule has 1 aromatic carbocycles. The molecule has 1 heterocycles. The molecule has 0 aliphatic rings. The van der Waals surface area contributed by atoms with E-state index in [9.17, 15) is 14.4 Å². The SMILES string of the molecule is CC(C)[C@@H](OC(=O)c1sc2cc(Cl)ccc2c1Cl)C(=O)NC(N)=O. The van der Waals surface area contributed by atoms with Gasteiger partial charge in [-0.2, -0.15) is 0 Å². The third-order valence-corrected chi connectivity index (χ3v) is 4.99. The zero-order valence-corrected chi connectivity index (χ0v) is 15.1. The highest BCUT2D eigenvalue weighted by atomic mass is 35.5. The van der Waals surface area contributed by atoms with Crippen LogP contribution in [0, 0.1) is 5.92 Å². The van der Waals surface area contributed by atoms with Crippen LogP contribution in [0.5, 0.6) is 0 Å². The minimum atomic E-state index is -1.17. The fourth-order valence-electron chi connectivity index (χ4n) is 2.02. The third kappa shape index (κ3) is 3.98. The van der Waals surface area contributed by atoms with Crippen LogP contribution in [-0.4, -0.2) is 24.0 Å². The van der Waals surface area contributed by atoms with Gasteiger partial charge in [0.2, 0.25) is 0 Å². The Balaban J connectivity index is 2.28. The van der Waals surface area contributed by atoms with Crippen molar-refractivity contribution >= 4 is 62.5 Å². The molecular weight excluding hydrogens is 375 g/mol. The topological polar surface area (TPSA) is 98.5 Å². The average molecular weight is 389 g/mol. The van der Waals surface area contributed by atoms with E-state index in [1.807, 2.05) is 5.32 Å². The number of rotatable bonds is 4. The van der Waals surface area contributed by atoms with Crippen LogP contribution in [0.1, 0.15) is 23.5 Å². The molecule has 0 spiro atoms. The first-order valence-corrected chi connectivity index (χ1v) is 8.46. The molecule has 0 aliphatic carbocycles. The normalized spacial score (nSPS) is 12.2. The van der Waals surface area contributed by atoms with Crippen LogP contribution in [0.25, 0.3) is 10.1 Å². The first-order valence-electron chi connectivity index (χ1n) is 6.89. The second kappa shape index (κ2) is 7.38. The molecule has 128 valence electrons. The summed E-state index contributed by atoms with van der Waals surface area (Å²) in [5, 5.41) is 3.32. The average Bonchev–Trinajstić information content (AvgIpc) is 2.79. The van der Waals surface area contributed by atoms with E-state index in [1.165, 1.54) is 0 Å². The molecule has 9 heteroatoms. The van der Waals surface area contributed by atoms with Crippen molar-refractivity contribution in [3.63, 3.8) is 0 Å². The van der Waals surface area contributed by atoms with Gasteiger partial charge < -0.3 is 10.5 Å². The van der Waals surface area contributed by atoms with Gasteiger partial charge in [0.25, 0.3) is 5.91 Å². The summed E-state index contributed by atoms with van der Waals surface area (Å²) < 4.78 is 5.96. The highest BCUT2D eigenvalue weighted by molar-refractivity contribution is 7.21. The van der Waals surface area contributed by atoms with Gasteiger partial charge in [-0.15, -0.1) is 11.3 Å². The van der Waals surface area contributed by atoms with Crippen molar-refractivity contribution < 1.29 is 19.1 Å². The molecule has 1 aromatic heterocycles. The van der Waals surface area contributed by atoms with Gasteiger partial charge in [0.05, 0.1) is 5.02 Å². The number of carbonyl (C=O) groups is 3. The van der Waals surface area contributed by atoms with E-state index in [0.717, 1.165) is 16.0 Å². The van der Waals surface area contributed by atoms with Crippen molar-refractivity contribution in [2.75, 3.05) is 0 Å². The Kier molecular flexibility index (Phi) is 5.69. The van der Waals surface area contributed by atoms with Crippen LogP contribution < -0.4 is 11.1 Å². The van der Waals surface area contributed by atoms with Gasteiger partial charge >= 0.3 is 12.0 Å². The maximum Gasteiger partial charge on any atom is 0.350 e. The number of esters is 1. The summed E-state index contributed by atoms with van der Waals surface area (Å²) in [7, 11) is 0. The number of hydrogen-bond acceptors (Lipinski definition) is 5. The van der Waals surface area contributed by atoms with Gasteiger partial charge in [0.15, 0.2) is 6.10 Å². The number of amides is 3. The highest BCUT2D eigenvalue weighted by Gasteiger charge is 2.29. The molecule has 0 fully saturated rings. The maximum atomic E-state index is 12.4. The summed E-state index contributed by atoms with van der Waals surface area (Å²) in [6.07, 6.45) is -1.17. The second-order valence-electron chi connectivity index (χ2n) is 5.31. The van der Waals surface area contributed by atoms with E-state index in [-0.39, 0.29) is 15.8 Å². The Labute approximate surface area is 151 Å². The lowest BCUT2D eigenvalue weighted by molar-refractivity contribution is -0.130. The molecule has 3 amide bonds. The van der Waals surface area contributed by atoms with Crippen molar-refractivity contribution in [3.05, 3.63) is 33.1 Å². The van der Waals surface area contributed by atoms with Crippen LogP contribution in [0.4, 0.5) is 4.79 Å². The van der Waals surface area contributed by atoms with Gasteiger partial charge in [-0.1, -0.05) is 43.1 Å². The molecular formula is C15H14Cl2N2O4S. The van der Waals surface area contributed by atoms with E-state index >= 15 is 0 Å². The predicted octanol–water partition coefficient (Wildman–Crippen LogP) is 3.58. The van der Waals surface area contributed by atoms with Gasteiger partial charge in [0.1, 0.15) is 4.88 Å². The quantitative estimate of drug-likeness (QED) is 0.781. The monoisotopic (exact) mass is 388 g/mol. The fraction of sp³-hybridized carbons (Fsp3) is 0.267. The molecule has 1 atom stereocenters. The smallest absolute Gasteiger partial charge is 0.350 e. The molecule has 0 bridgehead atoms. The standard InChI is InChI=1S/C15H14Cl2N2O4S/c1-6(2)11(13(20)19-15(18)22)23-14(21)12-10(17)8-4-3-7(16)5-9(8)24-12/h3-6,11H,1-2H3,(H3,18,19,20,22)/t11-/m1/s1. The molecule has 2 rings (SSSR count). The molecule has 3 N–H and O–H groups in total. The lowest BCUT2D eigenvalue weighted by Gasteiger charge is -2.19. The molecule has 2 aromatic rings. The number of urea groups is 1. The Morgan fingerprint density at radius 3 is 2.50 bits per heavy atom. The Hall–Kier alpha value is -1.83. The van der Waals surface area contributed by atoms with Crippen molar-refractivity contribution in [1.29, 1.82) is 0 Å². The van der Waals surface area contributed by atoms with Crippen molar-refractivity contribution in [1.82, 2.24) is 5.32 Å². The summed E-state index contributed by atoms with van der Waals surface area (Å²) in [6.45, 7) is 3.34. The van der Waals surface area contributed by atoms with Crippen LogP contribution in [0.2, 0.25) is 10.0 Å². The number of fused-ring (bicyclic) bond motifs is 1. The molecule has 0 unspecified atom stereocenters. The van der Waals surface area contributed by atoms with Crippen LogP contribution >= 0.6 is 34.5 Å². The van der Waals surface area contributed by atoms with Crippen molar-refractivity contribution in [2.24, 2.45) is 11.7 Å². The second-order valence-corrected chi connectivity index (χ2v) is 7.18. The van der Waals surface area contributed by atoms with Crippen molar-refractivity contribution in [3.8, 4) is 0 Å². The first-order chi connectivity index (χ1) is 11.2. The number of primary amides is 1. The number of carbonyl (C=O) groups excluding carboxylic acids is 3. The number of benzene rings is 1. The van der Waals surface area contributed by atoms with E-state index in [0.29, 0.717) is 10.4 Å². The Morgan fingerprint density at radius 1 is 1.25 bits per heavy atom. The predicted molar refractivity (Wildman–Crippen MR) is 93.6 cm³/mol. The molecule has 0 radical (unpaired) electrons. The Morgan fingerprint density at radius 2 is 1.92 bits per heavy atom. The summed E-state index contributed by atoms with van der Waals surface area (Å²) in [4.78, 5) is 35.3.